The van der Waals surface area contributed by atoms with Crippen LogP contribution in [0.25, 0.3) is 21.2 Å². The summed E-state index contributed by atoms with van der Waals surface area (Å²) in [6, 6.07) is 19.0. The van der Waals surface area contributed by atoms with Gasteiger partial charge in [-0.2, -0.15) is 0 Å². The minimum absolute atomic E-state index is 0.00450. The Morgan fingerprint density at radius 2 is 1.87 bits per heavy atom. The number of benzene rings is 2. The molecule has 1 N–H and O–H groups in total. The fourth-order valence-corrected chi connectivity index (χ4v) is 7.14. The molecule has 0 saturated heterocycles. The Hall–Kier alpha value is -2.93. The number of rotatable bonds is 8. The summed E-state index contributed by atoms with van der Waals surface area (Å²) in [5.74, 6) is 0.804. The summed E-state index contributed by atoms with van der Waals surface area (Å²) < 4.78 is 7.10. The third-order valence-electron chi connectivity index (χ3n) is 7.77. The molecule has 1 aliphatic carbocycles. The van der Waals surface area contributed by atoms with Crippen LogP contribution in [-0.2, 0) is 6.54 Å². The lowest BCUT2D eigenvalue weighted by atomic mass is 9.89. The van der Waals surface area contributed by atoms with Gasteiger partial charge in [0.25, 0.3) is 5.91 Å². The zero-order valence-corrected chi connectivity index (χ0v) is 24.7. The first-order valence-electron chi connectivity index (χ1n) is 13.7. The number of nitrogens with zero attached hydrogens (tertiary/aromatic N) is 2. The predicted octanol–water partition coefficient (Wildman–Crippen LogP) is 7.81. The highest BCUT2D eigenvalue weighted by molar-refractivity contribution is 7.21. The molecule has 0 atom stereocenters. The number of amides is 1. The van der Waals surface area contributed by atoms with Crippen LogP contribution in [-0.4, -0.2) is 41.5 Å². The Balaban J connectivity index is 1.55. The first-order valence-corrected chi connectivity index (χ1v) is 14.9. The third-order valence-corrected chi connectivity index (χ3v) is 9.44. The number of pyridine rings is 1. The van der Waals surface area contributed by atoms with Gasteiger partial charge in [0.05, 0.1) is 11.6 Å². The first-order chi connectivity index (χ1) is 18.9. The van der Waals surface area contributed by atoms with Crippen LogP contribution in [0, 0.1) is 13.8 Å². The Kier molecular flexibility index (Phi) is 8.55. The normalized spacial score (nSPS) is 17.4. The van der Waals surface area contributed by atoms with Crippen molar-refractivity contribution in [1.82, 2.24) is 15.2 Å². The van der Waals surface area contributed by atoms with Gasteiger partial charge in [-0.1, -0.05) is 41.9 Å². The molecule has 1 fully saturated rings. The van der Waals surface area contributed by atoms with Crippen molar-refractivity contribution in [2.24, 2.45) is 0 Å². The van der Waals surface area contributed by atoms with Crippen molar-refractivity contribution in [3.8, 4) is 16.9 Å². The monoisotopic (exact) mass is 561 g/mol. The SMILES string of the molecule is CCOc1ccc(-c2ccc(C)nc2C)cc1CN(C(=O)c1sc2ccccc2c1Cl)C1CCC(NC)CC1. The predicted molar refractivity (Wildman–Crippen MR) is 162 cm³/mol. The molecule has 4 aromatic rings. The fraction of sp³-hybridized carbons (Fsp3) is 0.375. The van der Waals surface area contributed by atoms with Crippen LogP contribution in [0.15, 0.2) is 54.6 Å². The van der Waals surface area contributed by atoms with Gasteiger partial charge in [-0.05, 0) is 83.3 Å². The highest BCUT2D eigenvalue weighted by atomic mass is 35.5. The second-order valence-electron chi connectivity index (χ2n) is 10.3. The first kappa shape index (κ1) is 27.6. The molecule has 7 heteroatoms. The van der Waals surface area contributed by atoms with Crippen LogP contribution < -0.4 is 10.1 Å². The number of nitrogens with one attached hydrogen (secondary N) is 1. The van der Waals surface area contributed by atoms with Crippen LogP contribution in [0.4, 0.5) is 0 Å². The van der Waals surface area contributed by atoms with Crippen molar-refractivity contribution in [3.63, 3.8) is 0 Å². The molecule has 0 aliphatic heterocycles. The Labute approximate surface area is 240 Å². The minimum atomic E-state index is -0.00450. The summed E-state index contributed by atoms with van der Waals surface area (Å²) in [6.45, 7) is 7.05. The highest BCUT2D eigenvalue weighted by Gasteiger charge is 2.32. The van der Waals surface area contributed by atoms with Gasteiger partial charge in [0.15, 0.2) is 0 Å². The molecule has 204 valence electrons. The Bertz CT molecular complexity index is 1480. The molecular weight excluding hydrogens is 526 g/mol. The van der Waals surface area contributed by atoms with Crippen molar-refractivity contribution in [3.05, 3.63) is 81.4 Å². The van der Waals surface area contributed by atoms with Crippen LogP contribution in [0.2, 0.25) is 5.02 Å². The average molecular weight is 562 g/mol. The van der Waals surface area contributed by atoms with E-state index in [1.807, 2.05) is 69.1 Å². The van der Waals surface area contributed by atoms with Crippen LogP contribution in [0.5, 0.6) is 5.75 Å². The van der Waals surface area contributed by atoms with E-state index < -0.39 is 0 Å². The van der Waals surface area contributed by atoms with E-state index in [9.17, 15) is 4.79 Å². The summed E-state index contributed by atoms with van der Waals surface area (Å²) in [6.07, 6.45) is 3.98. The standard InChI is InChI=1S/C32H36ClN3O2S/c1-5-38-28-17-11-22(26-16-10-20(2)35-21(26)3)18-23(28)19-36(25-14-12-24(34-4)13-15-25)32(37)31-30(33)27-8-6-7-9-29(27)39-31/h6-11,16-18,24-25,34H,5,12-15,19H2,1-4H3. The summed E-state index contributed by atoms with van der Waals surface area (Å²) >= 11 is 8.30. The van der Waals surface area contributed by atoms with E-state index in [4.69, 9.17) is 16.3 Å². The lowest BCUT2D eigenvalue weighted by Gasteiger charge is -2.37. The van der Waals surface area contributed by atoms with Gasteiger partial charge < -0.3 is 15.0 Å². The van der Waals surface area contributed by atoms with Gasteiger partial charge in [0, 0.05) is 51.2 Å². The van der Waals surface area contributed by atoms with Crippen molar-refractivity contribution < 1.29 is 9.53 Å². The molecule has 1 saturated carbocycles. The number of fused-ring (bicyclic) bond motifs is 1. The molecule has 0 spiro atoms. The van der Waals surface area contributed by atoms with E-state index in [2.05, 4.69) is 28.5 Å². The van der Waals surface area contributed by atoms with Crippen molar-refractivity contribution in [2.75, 3.05) is 13.7 Å². The largest absolute Gasteiger partial charge is 0.494 e. The fourth-order valence-electron chi connectivity index (χ4n) is 5.67. The van der Waals surface area contributed by atoms with E-state index in [0.717, 1.165) is 69.6 Å². The van der Waals surface area contributed by atoms with Gasteiger partial charge >= 0.3 is 0 Å². The number of aromatic nitrogens is 1. The molecule has 2 aromatic carbocycles. The number of carbonyl (C=O) groups excluding carboxylic acids is 1. The van der Waals surface area contributed by atoms with Crippen molar-refractivity contribution in [1.29, 1.82) is 0 Å². The van der Waals surface area contributed by atoms with Crippen molar-refractivity contribution in [2.45, 2.75) is 65.1 Å². The highest BCUT2D eigenvalue weighted by Crippen LogP contribution is 2.38. The van der Waals surface area contributed by atoms with Gasteiger partial charge in [0.1, 0.15) is 10.6 Å². The van der Waals surface area contributed by atoms with Crippen LogP contribution in [0.1, 0.15) is 59.2 Å². The summed E-state index contributed by atoms with van der Waals surface area (Å²) in [5.41, 5.74) is 5.14. The van der Waals surface area contributed by atoms with Gasteiger partial charge in [-0.15, -0.1) is 11.3 Å². The third kappa shape index (κ3) is 5.84. The summed E-state index contributed by atoms with van der Waals surface area (Å²) in [4.78, 5) is 21.6. The number of carbonyl (C=O) groups is 1. The van der Waals surface area contributed by atoms with Crippen LogP contribution in [0.3, 0.4) is 0 Å². The number of ether oxygens (including phenoxy) is 1. The quantitative estimate of drug-likeness (QED) is 0.238. The topological polar surface area (TPSA) is 54.5 Å². The molecule has 39 heavy (non-hydrogen) atoms. The lowest BCUT2D eigenvalue weighted by molar-refractivity contribution is 0.0604. The van der Waals surface area contributed by atoms with Gasteiger partial charge in [0.2, 0.25) is 0 Å². The van der Waals surface area contributed by atoms with E-state index >= 15 is 0 Å². The van der Waals surface area contributed by atoms with E-state index in [1.54, 1.807) is 0 Å². The van der Waals surface area contributed by atoms with Crippen LogP contribution >= 0.6 is 22.9 Å². The molecule has 5 rings (SSSR count). The van der Waals surface area contributed by atoms with Crippen molar-refractivity contribution >= 4 is 38.9 Å². The molecule has 2 heterocycles. The van der Waals surface area contributed by atoms with E-state index in [0.29, 0.717) is 29.1 Å². The number of hydrogen-bond donors (Lipinski definition) is 1. The Morgan fingerprint density at radius 3 is 2.56 bits per heavy atom. The minimum Gasteiger partial charge on any atom is -0.494 e. The second kappa shape index (κ2) is 12.1. The zero-order chi connectivity index (χ0) is 27.5. The van der Waals surface area contributed by atoms with Gasteiger partial charge in [-0.3, -0.25) is 9.78 Å². The van der Waals surface area contributed by atoms with Gasteiger partial charge in [-0.25, -0.2) is 0 Å². The maximum Gasteiger partial charge on any atom is 0.266 e. The summed E-state index contributed by atoms with van der Waals surface area (Å²) in [5, 5.41) is 4.90. The molecule has 0 bridgehead atoms. The van der Waals surface area contributed by atoms with E-state index in [1.165, 1.54) is 11.3 Å². The maximum atomic E-state index is 14.3. The molecule has 1 amide bonds. The molecule has 2 aromatic heterocycles. The number of hydrogen-bond acceptors (Lipinski definition) is 5. The summed E-state index contributed by atoms with van der Waals surface area (Å²) in [7, 11) is 2.02. The number of thiophene rings is 1. The lowest BCUT2D eigenvalue weighted by Crippen LogP contribution is -2.44. The molecule has 0 radical (unpaired) electrons. The smallest absolute Gasteiger partial charge is 0.266 e. The molecular formula is C32H36ClN3O2S. The number of halogens is 1. The Morgan fingerprint density at radius 1 is 1.10 bits per heavy atom. The molecule has 1 aliphatic rings. The molecule has 0 unspecified atom stereocenters. The number of aryl methyl sites for hydroxylation is 2. The zero-order valence-electron chi connectivity index (χ0n) is 23.1. The molecule has 5 nitrogen and oxygen atoms in total. The second-order valence-corrected chi connectivity index (χ2v) is 11.7. The maximum absolute atomic E-state index is 14.3. The average Bonchev–Trinajstić information content (AvgIpc) is 3.29. The van der Waals surface area contributed by atoms with E-state index in [-0.39, 0.29) is 11.9 Å².